The molecule has 0 bridgehead atoms. The summed E-state index contributed by atoms with van der Waals surface area (Å²) >= 11 is 0. The molecule has 4 rings (SSSR count). The van der Waals surface area contributed by atoms with Gasteiger partial charge in [0.05, 0.1) is 25.9 Å². The fraction of sp³-hybridized carbons (Fsp3) is 0.654. The van der Waals surface area contributed by atoms with Gasteiger partial charge in [0.25, 0.3) is 0 Å². The van der Waals surface area contributed by atoms with Gasteiger partial charge in [-0.3, -0.25) is 0 Å². The third kappa shape index (κ3) is 7.10. The second-order valence-electron chi connectivity index (χ2n) is 10.5. The summed E-state index contributed by atoms with van der Waals surface area (Å²) in [7, 11) is 0. The number of benzene rings is 1. The molecule has 3 heterocycles. The second-order valence-corrected chi connectivity index (χ2v) is 10.5. The van der Waals surface area contributed by atoms with Gasteiger partial charge >= 0.3 is 5.97 Å². The Bertz CT molecular complexity index is 1130. The maximum atomic E-state index is 12.7. The molecule has 0 saturated carbocycles. The van der Waals surface area contributed by atoms with Crippen molar-refractivity contribution in [3.63, 3.8) is 0 Å². The lowest BCUT2D eigenvalue weighted by molar-refractivity contribution is -0.363. The average Bonchev–Trinajstić information content (AvgIpc) is 3.26. The van der Waals surface area contributed by atoms with Crippen LogP contribution in [0.1, 0.15) is 12.5 Å². The summed E-state index contributed by atoms with van der Waals surface area (Å²) in [5, 5.41) is 101. The molecule has 17 nitrogen and oxygen atoms in total. The van der Waals surface area contributed by atoms with Gasteiger partial charge < -0.3 is 79.5 Å². The highest BCUT2D eigenvalue weighted by molar-refractivity contribution is 5.87. The minimum atomic E-state index is -2.05. The van der Waals surface area contributed by atoms with Crippen LogP contribution in [-0.4, -0.2) is 156 Å². The smallest absolute Gasteiger partial charge is 0.331 e. The Hall–Kier alpha value is -2.49. The molecule has 17 heteroatoms. The highest BCUT2D eigenvalue weighted by Gasteiger charge is 2.55. The SMILES string of the molecule is C[C@@H]1O[C@@H](O[C@@H]2[C@@H](O)[C@H](O)O[C@H](CO)[C@H]2OC(=O)/C=C/c2ccc(O)c(O)c2)[C@H](O)[C@H](O[C@@H]2OC[C@](O)(CO)[C@H]2O)[C@H]1O. The van der Waals surface area contributed by atoms with Crippen LogP contribution in [0.4, 0.5) is 0 Å². The first-order valence-electron chi connectivity index (χ1n) is 13.3. The predicted octanol–water partition coefficient (Wildman–Crippen LogP) is -4.23. The minimum Gasteiger partial charge on any atom is -0.504 e. The molecule has 3 fully saturated rings. The molecule has 10 N–H and O–H groups in total. The summed E-state index contributed by atoms with van der Waals surface area (Å²) < 4.78 is 32.5. The van der Waals surface area contributed by atoms with Gasteiger partial charge in [-0.1, -0.05) is 6.07 Å². The highest BCUT2D eigenvalue weighted by Crippen LogP contribution is 2.34. The molecule has 3 aliphatic rings. The summed E-state index contributed by atoms with van der Waals surface area (Å²) in [4.78, 5) is 12.7. The number of esters is 1. The highest BCUT2D eigenvalue weighted by atomic mass is 16.7. The van der Waals surface area contributed by atoms with E-state index in [1.165, 1.54) is 31.2 Å². The molecule has 242 valence electrons. The molecular weight excluding hydrogens is 584 g/mol. The third-order valence-electron chi connectivity index (χ3n) is 7.42. The van der Waals surface area contributed by atoms with Crippen LogP contribution < -0.4 is 0 Å². The number of aromatic hydroxyl groups is 2. The van der Waals surface area contributed by atoms with Gasteiger partial charge in [0.15, 0.2) is 36.5 Å². The van der Waals surface area contributed by atoms with Crippen molar-refractivity contribution >= 4 is 12.0 Å². The predicted molar refractivity (Wildman–Crippen MR) is 137 cm³/mol. The van der Waals surface area contributed by atoms with E-state index in [0.717, 1.165) is 6.08 Å². The van der Waals surface area contributed by atoms with Crippen LogP contribution >= 0.6 is 0 Å². The number of aliphatic hydroxyl groups is 8. The Morgan fingerprint density at radius 2 is 1.65 bits per heavy atom. The lowest BCUT2D eigenvalue weighted by atomic mass is 9.96. The van der Waals surface area contributed by atoms with Crippen molar-refractivity contribution in [3.8, 4) is 11.5 Å². The lowest BCUT2D eigenvalue weighted by Gasteiger charge is -2.46. The maximum Gasteiger partial charge on any atom is 0.331 e. The number of phenolic OH excluding ortho intramolecular Hbond substituents is 2. The number of phenols is 2. The first kappa shape index (κ1) is 33.4. The number of carbonyl (C=O) groups is 1. The molecule has 3 saturated heterocycles. The summed E-state index contributed by atoms with van der Waals surface area (Å²) in [6, 6.07) is 3.75. The number of hydrogen-bond donors (Lipinski definition) is 10. The van der Waals surface area contributed by atoms with Gasteiger partial charge in [-0.25, -0.2) is 4.79 Å². The van der Waals surface area contributed by atoms with Crippen molar-refractivity contribution in [1.82, 2.24) is 0 Å². The van der Waals surface area contributed by atoms with Gasteiger partial charge in [-0.2, -0.15) is 0 Å². The summed E-state index contributed by atoms with van der Waals surface area (Å²) in [6.07, 6.45) is -17.5. The van der Waals surface area contributed by atoms with Crippen LogP contribution in [0.25, 0.3) is 6.08 Å². The van der Waals surface area contributed by atoms with Crippen LogP contribution in [0.15, 0.2) is 24.3 Å². The van der Waals surface area contributed by atoms with Crippen molar-refractivity contribution < 1.29 is 84.3 Å². The van der Waals surface area contributed by atoms with Gasteiger partial charge in [0.2, 0.25) is 0 Å². The second kappa shape index (κ2) is 13.7. The largest absolute Gasteiger partial charge is 0.504 e. The first-order valence-corrected chi connectivity index (χ1v) is 13.3. The number of ether oxygens (including phenoxy) is 6. The van der Waals surface area contributed by atoms with E-state index in [4.69, 9.17) is 28.4 Å². The Labute approximate surface area is 244 Å². The third-order valence-corrected chi connectivity index (χ3v) is 7.42. The van der Waals surface area contributed by atoms with E-state index in [0.29, 0.717) is 5.56 Å². The van der Waals surface area contributed by atoms with Crippen LogP contribution in [0, 0.1) is 0 Å². The van der Waals surface area contributed by atoms with E-state index in [1.807, 2.05) is 0 Å². The zero-order chi connectivity index (χ0) is 31.6. The van der Waals surface area contributed by atoms with E-state index >= 15 is 0 Å². The Balaban J connectivity index is 1.51. The number of hydrogen-bond acceptors (Lipinski definition) is 17. The Morgan fingerprint density at radius 1 is 0.953 bits per heavy atom. The maximum absolute atomic E-state index is 12.7. The molecular formula is C26H36O17. The zero-order valence-corrected chi connectivity index (χ0v) is 22.8. The van der Waals surface area contributed by atoms with E-state index in [2.05, 4.69) is 0 Å². The molecule has 0 aliphatic carbocycles. The Morgan fingerprint density at radius 3 is 2.28 bits per heavy atom. The number of rotatable bonds is 9. The molecule has 1 aromatic carbocycles. The van der Waals surface area contributed by atoms with Gasteiger partial charge in [0, 0.05) is 6.08 Å². The summed E-state index contributed by atoms with van der Waals surface area (Å²) in [5.74, 6) is -1.85. The summed E-state index contributed by atoms with van der Waals surface area (Å²) in [5.41, 5.74) is -1.75. The van der Waals surface area contributed by atoms with Crippen molar-refractivity contribution in [2.45, 2.75) is 86.3 Å². The molecule has 0 unspecified atom stereocenters. The molecule has 0 amide bonds. The number of carbonyl (C=O) groups excluding carboxylic acids is 1. The molecule has 0 spiro atoms. The molecule has 3 aliphatic heterocycles. The average molecular weight is 621 g/mol. The Kier molecular flexibility index (Phi) is 10.6. The van der Waals surface area contributed by atoms with E-state index < -0.39 is 111 Å². The van der Waals surface area contributed by atoms with Crippen molar-refractivity contribution in [2.24, 2.45) is 0 Å². The van der Waals surface area contributed by atoms with Crippen LogP contribution in [0.5, 0.6) is 11.5 Å². The minimum absolute atomic E-state index is 0.306. The van der Waals surface area contributed by atoms with Crippen LogP contribution in [0.2, 0.25) is 0 Å². The lowest BCUT2D eigenvalue weighted by Crippen LogP contribution is -2.65. The molecule has 0 aromatic heterocycles. The topological polar surface area (TPSA) is 275 Å². The summed E-state index contributed by atoms with van der Waals surface area (Å²) in [6.45, 7) is -0.798. The van der Waals surface area contributed by atoms with Crippen molar-refractivity contribution in [2.75, 3.05) is 19.8 Å². The zero-order valence-electron chi connectivity index (χ0n) is 22.8. The van der Waals surface area contributed by atoms with E-state index in [1.54, 1.807) is 0 Å². The van der Waals surface area contributed by atoms with Crippen molar-refractivity contribution in [3.05, 3.63) is 29.8 Å². The van der Waals surface area contributed by atoms with Crippen molar-refractivity contribution in [1.29, 1.82) is 0 Å². The molecule has 13 atom stereocenters. The van der Waals surface area contributed by atoms with Gasteiger partial charge in [-0.05, 0) is 30.7 Å². The molecule has 43 heavy (non-hydrogen) atoms. The van der Waals surface area contributed by atoms with E-state index in [9.17, 15) is 55.9 Å². The monoisotopic (exact) mass is 620 g/mol. The first-order chi connectivity index (χ1) is 20.3. The van der Waals surface area contributed by atoms with Crippen LogP contribution in [-0.2, 0) is 33.2 Å². The van der Waals surface area contributed by atoms with E-state index in [-0.39, 0.29) is 5.75 Å². The number of aliphatic hydroxyl groups excluding tert-OH is 7. The van der Waals surface area contributed by atoms with Gasteiger partial charge in [0.1, 0.15) is 48.3 Å². The quantitative estimate of drug-likeness (QED) is 0.0711. The standard InChI is InChI=1S/C26H36O17/c1-10-16(32)20(42-25-22(35)26(37,8-28)9-38-25)18(34)24(39-10)43-21-17(33)23(36)40-14(7-27)19(21)41-15(31)5-3-11-2-4-12(29)13(30)6-11/h2-6,10,14,16-25,27-30,32-37H,7-9H2,1H3/b5-3+/t10-,14+,16-,17+,18+,19+,20+,21+,22-,23+,24-,25-,26+/m0/s1. The molecule has 1 aromatic rings. The normalized spacial score (nSPS) is 41.9. The van der Waals surface area contributed by atoms with Crippen LogP contribution in [0.3, 0.4) is 0 Å². The fourth-order valence-corrected chi connectivity index (χ4v) is 4.82. The molecule has 0 radical (unpaired) electrons. The fourth-order valence-electron chi connectivity index (χ4n) is 4.82. The van der Waals surface area contributed by atoms with Gasteiger partial charge in [-0.15, -0.1) is 0 Å².